The first-order valence-electron chi connectivity index (χ1n) is 8.60. The van der Waals surface area contributed by atoms with Crippen LogP contribution in [0.15, 0.2) is 55.0 Å². The minimum atomic E-state index is -0.338. The molecule has 0 atom stereocenters. The number of methoxy groups -OCH3 is 2. The fourth-order valence-corrected chi connectivity index (χ4v) is 3.00. The van der Waals surface area contributed by atoms with E-state index in [1.807, 2.05) is 47.1 Å². The van der Waals surface area contributed by atoms with E-state index in [0.717, 1.165) is 16.9 Å². The lowest BCUT2D eigenvalue weighted by atomic mass is 10.1. The maximum Gasteiger partial charge on any atom is 0.262 e. The molecule has 0 spiro atoms. The molecule has 0 unspecified atom stereocenters. The minimum Gasteiger partial charge on any atom is -0.495 e. The Labute approximate surface area is 161 Å². The third-order valence-electron chi connectivity index (χ3n) is 4.34. The normalized spacial score (nSPS) is 10.8. The van der Waals surface area contributed by atoms with Gasteiger partial charge in [0.15, 0.2) is 0 Å². The molecule has 0 fully saturated rings. The smallest absolute Gasteiger partial charge is 0.262 e. The summed E-state index contributed by atoms with van der Waals surface area (Å²) in [5.74, 6) is 0.467. The molecule has 1 N–H and O–H groups in total. The lowest BCUT2D eigenvalue weighted by Gasteiger charge is -2.11. The molecule has 0 saturated heterocycles. The third kappa shape index (κ3) is 3.16. The zero-order valence-corrected chi connectivity index (χ0v) is 15.7. The second-order valence-electron chi connectivity index (χ2n) is 6.19. The second-order valence-corrected chi connectivity index (χ2v) is 6.19. The van der Waals surface area contributed by atoms with Gasteiger partial charge in [-0.15, -0.1) is 5.10 Å². The zero-order valence-electron chi connectivity index (χ0n) is 15.7. The standard InChI is InChI=1S/C20H19N5O3/c1-24-11-14(20(23-24)28-3)19(26)22-15-10-13(7-8-17(15)27-2)16-12-25-9-5-4-6-18(25)21-16/h4-12H,1-3H3,(H,22,26). The molecule has 1 aromatic carbocycles. The van der Waals surface area contributed by atoms with Crippen molar-refractivity contribution in [3.05, 3.63) is 60.6 Å². The largest absolute Gasteiger partial charge is 0.495 e. The molecule has 3 heterocycles. The van der Waals surface area contributed by atoms with E-state index in [-0.39, 0.29) is 11.8 Å². The van der Waals surface area contributed by atoms with Gasteiger partial charge in [0.2, 0.25) is 5.88 Å². The van der Waals surface area contributed by atoms with Crippen molar-refractivity contribution in [1.29, 1.82) is 0 Å². The topological polar surface area (TPSA) is 82.7 Å². The average Bonchev–Trinajstić information content (AvgIpc) is 3.31. The Morgan fingerprint density at radius 1 is 1.11 bits per heavy atom. The van der Waals surface area contributed by atoms with E-state index in [2.05, 4.69) is 15.4 Å². The van der Waals surface area contributed by atoms with Gasteiger partial charge in [-0.05, 0) is 30.3 Å². The van der Waals surface area contributed by atoms with Gasteiger partial charge in [0.05, 0.1) is 25.6 Å². The van der Waals surface area contributed by atoms with Crippen LogP contribution in [0.4, 0.5) is 5.69 Å². The number of aromatic nitrogens is 4. The maximum absolute atomic E-state index is 12.7. The molecule has 4 aromatic rings. The molecule has 8 nitrogen and oxygen atoms in total. The first kappa shape index (κ1) is 17.6. The summed E-state index contributed by atoms with van der Waals surface area (Å²) in [4.78, 5) is 17.4. The highest BCUT2D eigenvalue weighted by Crippen LogP contribution is 2.31. The van der Waals surface area contributed by atoms with Crippen molar-refractivity contribution in [2.45, 2.75) is 0 Å². The number of carbonyl (C=O) groups excluding carboxylic acids is 1. The van der Waals surface area contributed by atoms with Crippen LogP contribution in [0.25, 0.3) is 16.9 Å². The van der Waals surface area contributed by atoms with E-state index in [4.69, 9.17) is 9.47 Å². The molecule has 0 aliphatic carbocycles. The molecule has 142 valence electrons. The Morgan fingerprint density at radius 3 is 2.71 bits per heavy atom. The summed E-state index contributed by atoms with van der Waals surface area (Å²) < 4.78 is 14.0. The number of fused-ring (bicyclic) bond motifs is 1. The summed E-state index contributed by atoms with van der Waals surface area (Å²) in [6.45, 7) is 0. The predicted molar refractivity (Wildman–Crippen MR) is 105 cm³/mol. The Bertz CT molecular complexity index is 1130. The lowest BCUT2D eigenvalue weighted by molar-refractivity contribution is 0.102. The highest BCUT2D eigenvalue weighted by molar-refractivity contribution is 6.06. The van der Waals surface area contributed by atoms with Crippen LogP contribution < -0.4 is 14.8 Å². The number of anilines is 1. The third-order valence-corrected chi connectivity index (χ3v) is 4.34. The van der Waals surface area contributed by atoms with E-state index in [1.165, 1.54) is 11.8 Å². The van der Waals surface area contributed by atoms with Crippen molar-refractivity contribution < 1.29 is 14.3 Å². The molecule has 8 heteroatoms. The van der Waals surface area contributed by atoms with E-state index in [1.54, 1.807) is 26.4 Å². The quantitative estimate of drug-likeness (QED) is 0.578. The van der Waals surface area contributed by atoms with Crippen molar-refractivity contribution in [2.24, 2.45) is 7.05 Å². The number of rotatable bonds is 5. The lowest BCUT2D eigenvalue weighted by Crippen LogP contribution is -2.13. The van der Waals surface area contributed by atoms with Gasteiger partial charge in [-0.2, -0.15) is 0 Å². The Kier molecular flexibility index (Phi) is 4.44. The van der Waals surface area contributed by atoms with E-state index in [9.17, 15) is 4.79 Å². The first-order valence-corrected chi connectivity index (χ1v) is 8.60. The molecule has 0 aliphatic rings. The van der Waals surface area contributed by atoms with Crippen LogP contribution in [0.1, 0.15) is 10.4 Å². The van der Waals surface area contributed by atoms with Crippen molar-refractivity contribution in [3.63, 3.8) is 0 Å². The van der Waals surface area contributed by atoms with Gasteiger partial charge in [-0.3, -0.25) is 9.48 Å². The summed E-state index contributed by atoms with van der Waals surface area (Å²) in [6.07, 6.45) is 5.48. The zero-order chi connectivity index (χ0) is 19.7. The number of amides is 1. The molecular formula is C20H19N5O3. The summed E-state index contributed by atoms with van der Waals surface area (Å²) in [5.41, 5.74) is 3.37. The predicted octanol–water partition coefficient (Wildman–Crippen LogP) is 3.00. The highest BCUT2D eigenvalue weighted by atomic mass is 16.5. The number of aryl methyl sites for hydroxylation is 1. The number of nitrogens with zero attached hydrogens (tertiary/aromatic N) is 4. The number of carbonyl (C=O) groups is 1. The molecule has 0 saturated carbocycles. The average molecular weight is 377 g/mol. The minimum absolute atomic E-state index is 0.260. The van der Waals surface area contributed by atoms with Gasteiger partial charge in [0.1, 0.15) is 17.0 Å². The molecule has 3 aromatic heterocycles. The van der Waals surface area contributed by atoms with Crippen LogP contribution in [0.5, 0.6) is 11.6 Å². The van der Waals surface area contributed by atoms with Crippen LogP contribution in [0.3, 0.4) is 0 Å². The number of benzene rings is 1. The first-order chi connectivity index (χ1) is 13.6. The summed E-state index contributed by atoms with van der Waals surface area (Å²) in [5, 5.41) is 6.99. The Hall–Kier alpha value is -3.81. The molecule has 28 heavy (non-hydrogen) atoms. The number of nitrogens with one attached hydrogen (secondary N) is 1. The summed E-state index contributed by atoms with van der Waals surface area (Å²) >= 11 is 0. The molecule has 4 rings (SSSR count). The number of imidazole rings is 1. The van der Waals surface area contributed by atoms with Gasteiger partial charge in [-0.25, -0.2) is 4.98 Å². The summed E-state index contributed by atoms with van der Waals surface area (Å²) in [7, 11) is 4.76. The van der Waals surface area contributed by atoms with Crippen molar-refractivity contribution in [3.8, 4) is 22.9 Å². The van der Waals surface area contributed by atoms with Crippen LogP contribution in [-0.4, -0.2) is 39.3 Å². The molecule has 0 radical (unpaired) electrons. The monoisotopic (exact) mass is 377 g/mol. The summed E-state index contributed by atoms with van der Waals surface area (Å²) in [6, 6.07) is 11.4. The van der Waals surface area contributed by atoms with Gasteiger partial charge in [0, 0.05) is 31.2 Å². The number of hydrogen-bond acceptors (Lipinski definition) is 5. The van der Waals surface area contributed by atoms with Gasteiger partial charge < -0.3 is 19.2 Å². The van der Waals surface area contributed by atoms with Crippen molar-refractivity contribution in [1.82, 2.24) is 19.2 Å². The van der Waals surface area contributed by atoms with Gasteiger partial charge in [-0.1, -0.05) is 6.07 Å². The van der Waals surface area contributed by atoms with Gasteiger partial charge in [0.25, 0.3) is 5.91 Å². The number of ether oxygens (including phenoxy) is 2. The van der Waals surface area contributed by atoms with Gasteiger partial charge >= 0.3 is 0 Å². The molecule has 1 amide bonds. The highest BCUT2D eigenvalue weighted by Gasteiger charge is 2.18. The van der Waals surface area contributed by atoms with Crippen molar-refractivity contribution in [2.75, 3.05) is 19.5 Å². The van der Waals surface area contributed by atoms with Crippen LogP contribution in [0.2, 0.25) is 0 Å². The van der Waals surface area contributed by atoms with Crippen molar-refractivity contribution >= 4 is 17.2 Å². The van der Waals surface area contributed by atoms with Crippen LogP contribution in [-0.2, 0) is 7.05 Å². The molecular weight excluding hydrogens is 358 g/mol. The van der Waals surface area contributed by atoms with Crippen LogP contribution in [0, 0.1) is 0 Å². The Morgan fingerprint density at radius 2 is 1.96 bits per heavy atom. The SMILES string of the molecule is COc1ccc(-c2cn3ccccc3n2)cc1NC(=O)c1cn(C)nc1OC. The maximum atomic E-state index is 12.7. The van der Waals surface area contributed by atoms with E-state index >= 15 is 0 Å². The van der Waals surface area contributed by atoms with Crippen LogP contribution >= 0.6 is 0 Å². The molecule has 0 aliphatic heterocycles. The Balaban J connectivity index is 1.69. The fourth-order valence-electron chi connectivity index (χ4n) is 3.00. The molecule has 0 bridgehead atoms. The second kappa shape index (κ2) is 7.07. The number of hydrogen-bond donors (Lipinski definition) is 1. The van der Waals surface area contributed by atoms with E-state index < -0.39 is 0 Å². The number of pyridine rings is 1. The van der Waals surface area contributed by atoms with E-state index in [0.29, 0.717) is 17.0 Å². The fraction of sp³-hybridized carbons (Fsp3) is 0.150.